The summed E-state index contributed by atoms with van der Waals surface area (Å²) < 4.78 is 44.6. The third-order valence-electron chi connectivity index (χ3n) is 1.98. The maximum atomic E-state index is 11.7. The Kier molecular flexibility index (Phi) is 5.90. The molecule has 0 aliphatic heterocycles. The van der Waals surface area contributed by atoms with Crippen molar-refractivity contribution in [1.29, 1.82) is 0 Å². The second-order valence-corrected chi connectivity index (χ2v) is 4.29. The first-order valence-electron chi connectivity index (χ1n) is 5.19. The average molecular weight is 328 g/mol. The molecule has 0 spiro atoms. The molecule has 1 aromatic carbocycles. The summed E-state index contributed by atoms with van der Waals surface area (Å²) in [6, 6.07) is 5.38. The van der Waals surface area contributed by atoms with Crippen molar-refractivity contribution in [3.63, 3.8) is 0 Å². The highest BCUT2D eigenvalue weighted by Gasteiger charge is 2.28. The summed E-state index contributed by atoms with van der Waals surface area (Å²) in [7, 11) is 1.83. The lowest BCUT2D eigenvalue weighted by Gasteiger charge is -2.11. The van der Waals surface area contributed by atoms with Gasteiger partial charge in [0.15, 0.2) is 0 Å². The Morgan fingerprint density at radius 1 is 1.28 bits per heavy atom. The first kappa shape index (κ1) is 15.3. The lowest BCUT2D eigenvalue weighted by molar-refractivity contribution is -0.325. The van der Waals surface area contributed by atoms with Crippen molar-refractivity contribution >= 4 is 15.9 Å². The minimum Gasteiger partial charge on any atom is -0.490 e. The molecule has 0 unspecified atom stereocenters. The van der Waals surface area contributed by atoms with Crippen LogP contribution in [0.4, 0.5) is 13.2 Å². The molecule has 0 aliphatic carbocycles. The zero-order chi connectivity index (χ0) is 13.6. The number of hydrogen-bond acceptors (Lipinski definition) is 3. The fraction of sp³-hybridized carbons (Fsp3) is 0.455. The highest BCUT2D eigenvalue weighted by Crippen LogP contribution is 2.26. The molecule has 0 saturated carbocycles. The van der Waals surface area contributed by atoms with E-state index in [9.17, 15) is 13.2 Å². The van der Waals surface area contributed by atoms with Gasteiger partial charge in [-0.05, 0) is 40.7 Å². The molecular weight excluding hydrogens is 315 g/mol. The van der Waals surface area contributed by atoms with Gasteiger partial charge in [-0.1, -0.05) is 6.07 Å². The molecule has 102 valence electrons. The summed E-state index contributed by atoms with van der Waals surface area (Å²) in [4.78, 5) is 0. The minimum absolute atomic E-state index is 0.163. The maximum absolute atomic E-state index is 11.7. The molecule has 0 radical (unpaired) electrons. The molecule has 1 aromatic rings. The van der Waals surface area contributed by atoms with Crippen molar-refractivity contribution in [1.82, 2.24) is 5.32 Å². The molecule has 0 atom stereocenters. The largest absolute Gasteiger partial charge is 0.522 e. The summed E-state index contributed by atoms with van der Waals surface area (Å²) in [5, 5.41) is 2.99. The van der Waals surface area contributed by atoms with Crippen LogP contribution < -0.4 is 10.1 Å². The van der Waals surface area contributed by atoms with E-state index in [1.165, 1.54) is 0 Å². The van der Waals surface area contributed by atoms with Crippen molar-refractivity contribution in [2.45, 2.75) is 12.9 Å². The molecule has 1 N–H and O–H groups in total. The van der Waals surface area contributed by atoms with Crippen LogP contribution in [0.25, 0.3) is 0 Å². The van der Waals surface area contributed by atoms with E-state index < -0.39 is 13.0 Å². The van der Waals surface area contributed by atoms with Crippen LogP contribution in [-0.2, 0) is 11.3 Å². The van der Waals surface area contributed by atoms with Gasteiger partial charge in [-0.25, -0.2) is 0 Å². The molecule has 3 nitrogen and oxygen atoms in total. The molecule has 1 rings (SSSR count). The Labute approximate surface area is 111 Å². The van der Waals surface area contributed by atoms with Crippen LogP contribution in [0.3, 0.4) is 0 Å². The monoisotopic (exact) mass is 327 g/mol. The number of benzene rings is 1. The van der Waals surface area contributed by atoms with E-state index in [0.29, 0.717) is 16.8 Å². The van der Waals surface area contributed by atoms with Crippen LogP contribution in [0, 0.1) is 0 Å². The SMILES string of the molecule is CNCc1ccc(OCCOC(F)(F)F)c(Br)c1. The van der Waals surface area contributed by atoms with Crippen LogP contribution in [0.2, 0.25) is 0 Å². The second-order valence-electron chi connectivity index (χ2n) is 3.44. The summed E-state index contributed by atoms with van der Waals surface area (Å²) in [5.74, 6) is 0.487. The summed E-state index contributed by atoms with van der Waals surface area (Å²) in [5.41, 5.74) is 1.04. The molecule has 0 aliphatic rings. The summed E-state index contributed by atoms with van der Waals surface area (Å²) in [6.45, 7) is 0.00769. The van der Waals surface area contributed by atoms with Crippen molar-refractivity contribution in [3.05, 3.63) is 28.2 Å². The Balaban J connectivity index is 2.43. The molecule has 0 fully saturated rings. The predicted octanol–water partition coefficient (Wildman–Crippen LogP) is 3.08. The van der Waals surface area contributed by atoms with Gasteiger partial charge >= 0.3 is 6.36 Å². The predicted molar refractivity (Wildman–Crippen MR) is 64.4 cm³/mol. The minimum atomic E-state index is -4.61. The smallest absolute Gasteiger partial charge is 0.490 e. The lowest BCUT2D eigenvalue weighted by Crippen LogP contribution is -2.18. The van der Waals surface area contributed by atoms with Gasteiger partial charge in [0.05, 0.1) is 11.1 Å². The Hall–Kier alpha value is -0.790. The maximum Gasteiger partial charge on any atom is 0.522 e. The normalized spacial score (nSPS) is 11.6. The highest BCUT2D eigenvalue weighted by atomic mass is 79.9. The molecule has 0 aromatic heterocycles. The number of alkyl halides is 3. The van der Waals surface area contributed by atoms with E-state index in [1.54, 1.807) is 6.07 Å². The number of halogens is 4. The van der Waals surface area contributed by atoms with Crippen LogP contribution in [0.5, 0.6) is 5.75 Å². The van der Waals surface area contributed by atoms with E-state index in [1.807, 2.05) is 19.2 Å². The second kappa shape index (κ2) is 6.96. The van der Waals surface area contributed by atoms with Crippen LogP contribution in [0.15, 0.2) is 22.7 Å². The van der Waals surface area contributed by atoms with Gasteiger partial charge in [-0.2, -0.15) is 0 Å². The number of nitrogens with one attached hydrogen (secondary N) is 1. The van der Waals surface area contributed by atoms with Crippen molar-refractivity contribution in [2.75, 3.05) is 20.3 Å². The van der Waals surface area contributed by atoms with Gasteiger partial charge in [0, 0.05) is 6.54 Å². The molecule has 0 amide bonds. The topological polar surface area (TPSA) is 30.5 Å². The quantitative estimate of drug-likeness (QED) is 0.814. The molecule has 0 heterocycles. The number of rotatable bonds is 6. The van der Waals surface area contributed by atoms with E-state index in [2.05, 4.69) is 26.0 Å². The third kappa shape index (κ3) is 5.70. The van der Waals surface area contributed by atoms with E-state index in [0.717, 1.165) is 5.56 Å². The van der Waals surface area contributed by atoms with E-state index in [-0.39, 0.29) is 6.61 Å². The van der Waals surface area contributed by atoms with Crippen LogP contribution in [-0.4, -0.2) is 26.6 Å². The summed E-state index contributed by atoms with van der Waals surface area (Å²) in [6.07, 6.45) is -4.61. The molecule has 18 heavy (non-hydrogen) atoms. The fourth-order valence-corrected chi connectivity index (χ4v) is 1.83. The number of ether oxygens (including phenoxy) is 2. The first-order valence-corrected chi connectivity index (χ1v) is 5.98. The lowest BCUT2D eigenvalue weighted by atomic mass is 10.2. The van der Waals surface area contributed by atoms with Gasteiger partial charge in [0.2, 0.25) is 0 Å². The first-order chi connectivity index (χ1) is 8.42. The van der Waals surface area contributed by atoms with Gasteiger partial charge in [-0.15, -0.1) is 13.2 Å². The molecule has 0 saturated heterocycles. The zero-order valence-corrected chi connectivity index (χ0v) is 11.3. The van der Waals surface area contributed by atoms with Gasteiger partial charge < -0.3 is 10.1 Å². The average Bonchev–Trinajstić information content (AvgIpc) is 2.26. The Morgan fingerprint density at radius 2 is 2.00 bits per heavy atom. The van der Waals surface area contributed by atoms with E-state index in [4.69, 9.17) is 4.74 Å². The van der Waals surface area contributed by atoms with Crippen molar-refractivity contribution in [2.24, 2.45) is 0 Å². The molecule has 7 heteroatoms. The fourth-order valence-electron chi connectivity index (χ4n) is 1.28. The van der Waals surface area contributed by atoms with Crippen molar-refractivity contribution in [3.8, 4) is 5.75 Å². The molecule has 0 bridgehead atoms. The Bertz CT molecular complexity index is 385. The van der Waals surface area contributed by atoms with E-state index >= 15 is 0 Å². The zero-order valence-electron chi connectivity index (χ0n) is 9.68. The number of hydrogen-bond donors (Lipinski definition) is 1. The van der Waals surface area contributed by atoms with Gasteiger partial charge in [0.1, 0.15) is 12.4 Å². The van der Waals surface area contributed by atoms with Gasteiger partial charge in [0.25, 0.3) is 0 Å². The molecular formula is C11H13BrF3NO2. The standard InChI is InChI=1S/C11H13BrF3NO2/c1-16-7-8-2-3-10(9(12)6-8)17-4-5-18-11(13,14)15/h2-3,6,16H,4-5,7H2,1H3. The van der Waals surface area contributed by atoms with Gasteiger partial charge in [-0.3, -0.25) is 4.74 Å². The van der Waals surface area contributed by atoms with Crippen molar-refractivity contribution < 1.29 is 22.6 Å². The van der Waals surface area contributed by atoms with Crippen LogP contribution >= 0.6 is 15.9 Å². The highest BCUT2D eigenvalue weighted by molar-refractivity contribution is 9.10. The third-order valence-corrected chi connectivity index (χ3v) is 2.60. The summed E-state index contributed by atoms with van der Waals surface area (Å²) >= 11 is 3.29. The Morgan fingerprint density at radius 3 is 2.56 bits per heavy atom. The van der Waals surface area contributed by atoms with Crippen LogP contribution in [0.1, 0.15) is 5.56 Å².